The lowest BCUT2D eigenvalue weighted by Crippen LogP contribution is -2.42. The topological polar surface area (TPSA) is 121 Å². The van der Waals surface area contributed by atoms with Crippen molar-refractivity contribution >= 4 is 32.7 Å². The lowest BCUT2D eigenvalue weighted by atomic mass is 10.0. The molecule has 0 bridgehead atoms. The number of carbonyl (C=O) groups is 1. The molecule has 2 aromatic heterocycles. The third-order valence-corrected chi connectivity index (χ3v) is 8.40. The van der Waals surface area contributed by atoms with Gasteiger partial charge < -0.3 is 16.0 Å². The lowest BCUT2D eigenvalue weighted by Gasteiger charge is -2.32. The molecule has 0 spiro atoms. The van der Waals surface area contributed by atoms with Crippen molar-refractivity contribution in [2.45, 2.75) is 30.7 Å². The van der Waals surface area contributed by atoms with Gasteiger partial charge in [0.2, 0.25) is 10.0 Å². The Morgan fingerprint density at radius 3 is 2.43 bits per heavy atom. The number of hydrogen-bond donors (Lipinski definition) is 3. The number of H-pyrrole nitrogens is 1. The highest BCUT2D eigenvalue weighted by atomic mass is 32.2. The summed E-state index contributed by atoms with van der Waals surface area (Å²) < 4.78 is 28.0. The molecule has 0 aliphatic carbocycles. The Morgan fingerprint density at radius 2 is 1.77 bits per heavy atom. The van der Waals surface area contributed by atoms with E-state index in [1.54, 1.807) is 34.8 Å². The second kappa shape index (κ2) is 9.16. The maximum atomic E-state index is 13.2. The fourth-order valence-corrected chi connectivity index (χ4v) is 5.94. The van der Waals surface area contributed by atoms with E-state index in [2.05, 4.69) is 15.3 Å². The molecule has 1 aliphatic heterocycles. The number of carbonyl (C=O) groups excluding carboxylic acids is 1. The third kappa shape index (κ3) is 4.65. The summed E-state index contributed by atoms with van der Waals surface area (Å²) >= 11 is 0. The molecule has 35 heavy (non-hydrogen) atoms. The van der Waals surface area contributed by atoms with E-state index in [-0.39, 0.29) is 10.9 Å². The number of primary amides is 1. The van der Waals surface area contributed by atoms with E-state index in [0.717, 1.165) is 33.4 Å². The van der Waals surface area contributed by atoms with Crippen LogP contribution in [0.3, 0.4) is 0 Å². The number of aromatic amines is 1. The van der Waals surface area contributed by atoms with Gasteiger partial charge in [0.15, 0.2) is 0 Å². The van der Waals surface area contributed by atoms with Crippen LogP contribution in [0.15, 0.2) is 71.9 Å². The minimum absolute atomic E-state index is 0.188. The first-order valence-electron chi connectivity index (χ1n) is 11.5. The van der Waals surface area contributed by atoms with Crippen molar-refractivity contribution in [3.8, 4) is 11.1 Å². The van der Waals surface area contributed by atoms with Gasteiger partial charge in [0.25, 0.3) is 5.91 Å². The number of fused-ring (bicyclic) bond motifs is 1. The zero-order chi connectivity index (χ0) is 24.6. The van der Waals surface area contributed by atoms with Crippen molar-refractivity contribution in [2.24, 2.45) is 5.73 Å². The fraction of sp³-hybridized carbons (Fsp3) is 0.231. The number of nitrogens with one attached hydrogen (secondary N) is 2. The Hall–Kier alpha value is -3.69. The maximum Gasteiger partial charge on any atom is 0.250 e. The molecular formula is C26H27N5O3S. The van der Waals surface area contributed by atoms with Crippen LogP contribution in [0.25, 0.3) is 22.0 Å². The molecule has 0 atom stereocenters. The summed E-state index contributed by atoms with van der Waals surface area (Å²) in [6, 6.07) is 16.7. The van der Waals surface area contributed by atoms with E-state index in [4.69, 9.17) is 5.73 Å². The molecule has 2 aromatic carbocycles. The van der Waals surface area contributed by atoms with Crippen molar-refractivity contribution in [3.63, 3.8) is 0 Å². The molecule has 8 nitrogen and oxygen atoms in total. The van der Waals surface area contributed by atoms with Crippen molar-refractivity contribution in [1.29, 1.82) is 0 Å². The van der Waals surface area contributed by atoms with Crippen LogP contribution in [0.4, 0.5) is 5.82 Å². The van der Waals surface area contributed by atoms with Crippen LogP contribution < -0.4 is 11.1 Å². The molecule has 4 N–H and O–H groups in total. The Balaban J connectivity index is 1.28. The quantitative estimate of drug-likeness (QED) is 0.379. The normalized spacial score (nSPS) is 15.3. The van der Waals surface area contributed by atoms with Gasteiger partial charge in [-0.25, -0.2) is 13.4 Å². The van der Waals surface area contributed by atoms with Crippen LogP contribution >= 0.6 is 0 Å². The van der Waals surface area contributed by atoms with Crippen molar-refractivity contribution in [3.05, 3.63) is 78.1 Å². The van der Waals surface area contributed by atoms with Crippen LogP contribution in [0, 0.1) is 6.92 Å². The molecule has 1 amide bonds. The molecule has 1 aliphatic rings. The number of benzene rings is 2. The highest BCUT2D eigenvalue weighted by Gasteiger charge is 2.29. The Kier molecular flexibility index (Phi) is 6.04. The first-order chi connectivity index (χ1) is 16.8. The summed E-state index contributed by atoms with van der Waals surface area (Å²) in [6.07, 6.45) is 4.85. The highest BCUT2D eigenvalue weighted by molar-refractivity contribution is 7.89. The smallest absolute Gasteiger partial charge is 0.250 e. The molecule has 4 aromatic rings. The predicted molar refractivity (Wildman–Crippen MR) is 137 cm³/mol. The van der Waals surface area contributed by atoms with E-state index >= 15 is 0 Å². The largest absolute Gasteiger partial charge is 0.367 e. The van der Waals surface area contributed by atoms with E-state index in [1.165, 1.54) is 0 Å². The Bertz CT molecular complexity index is 1470. The second-order valence-electron chi connectivity index (χ2n) is 8.89. The average molecular weight is 490 g/mol. The van der Waals surface area contributed by atoms with E-state index in [1.807, 2.05) is 43.5 Å². The molecule has 5 rings (SSSR count). The zero-order valence-electron chi connectivity index (χ0n) is 19.4. The monoisotopic (exact) mass is 489 g/mol. The first kappa shape index (κ1) is 23.1. The van der Waals surface area contributed by atoms with Gasteiger partial charge in [-0.2, -0.15) is 4.31 Å². The van der Waals surface area contributed by atoms with Crippen LogP contribution in [0.1, 0.15) is 28.8 Å². The number of aryl methyl sites for hydroxylation is 1. The molecule has 1 fully saturated rings. The fourth-order valence-electron chi connectivity index (χ4n) is 4.48. The van der Waals surface area contributed by atoms with Crippen molar-refractivity contribution in [2.75, 3.05) is 18.4 Å². The van der Waals surface area contributed by atoms with Crippen LogP contribution in [-0.2, 0) is 10.0 Å². The summed E-state index contributed by atoms with van der Waals surface area (Å²) in [7, 11) is -3.58. The zero-order valence-corrected chi connectivity index (χ0v) is 20.2. The number of sulfonamides is 1. The maximum absolute atomic E-state index is 13.2. The average Bonchev–Trinajstić information content (AvgIpc) is 3.30. The van der Waals surface area contributed by atoms with Gasteiger partial charge in [0.1, 0.15) is 5.82 Å². The number of pyridine rings is 1. The van der Waals surface area contributed by atoms with Gasteiger partial charge in [-0.1, -0.05) is 24.3 Å². The summed E-state index contributed by atoms with van der Waals surface area (Å²) in [6.45, 7) is 2.90. The van der Waals surface area contributed by atoms with E-state index in [9.17, 15) is 13.2 Å². The van der Waals surface area contributed by atoms with Crippen LogP contribution in [-0.4, -0.2) is 47.7 Å². The SMILES string of the molecule is Cc1ccc(NC2CCN(S(=O)(=O)c3ccc(-c4ccc5[nH]cc(C(N)=O)c5c4)cc3)CC2)nc1. The third-order valence-electron chi connectivity index (χ3n) is 6.49. The molecule has 0 unspecified atom stereocenters. The number of anilines is 1. The summed E-state index contributed by atoms with van der Waals surface area (Å²) in [4.78, 5) is 19.4. The molecule has 0 saturated carbocycles. The Labute approximate surface area is 204 Å². The van der Waals surface area contributed by atoms with Crippen LogP contribution in [0.2, 0.25) is 0 Å². The molecule has 0 radical (unpaired) electrons. The molecule has 180 valence electrons. The number of nitrogens with zero attached hydrogens (tertiary/aromatic N) is 2. The summed E-state index contributed by atoms with van der Waals surface area (Å²) in [5, 5.41) is 4.14. The summed E-state index contributed by atoms with van der Waals surface area (Å²) in [5.74, 6) is 0.317. The number of nitrogens with two attached hydrogens (primary N) is 1. The molecule has 1 saturated heterocycles. The lowest BCUT2D eigenvalue weighted by molar-refractivity contribution is 0.100. The number of piperidine rings is 1. The number of aromatic nitrogens is 2. The van der Waals surface area contributed by atoms with Gasteiger partial charge in [0, 0.05) is 42.4 Å². The molecule has 3 heterocycles. The minimum atomic E-state index is -3.58. The molecular weight excluding hydrogens is 462 g/mol. The number of hydrogen-bond acceptors (Lipinski definition) is 5. The first-order valence-corrected chi connectivity index (χ1v) is 13.0. The van der Waals surface area contributed by atoms with E-state index < -0.39 is 15.9 Å². The number of rotatable bonds is 6. The second-order valence-corrected chi connectivity index (χ2v) is 10.8. The van der Waals surface area contributed by atoms with Gasteiger partial charge in [-0.15, -0.1) is 0 Å². The number of amides is 1. The predicted octanol–water partition coefficient (Wildman–Crippen LogP) is 3.90. The van der Waals surface area contributed by atoms with Crippen molar-refractivity contribution < 1.29 is 13.2 Å². The van der Waals surface area contributed by atoms with Gasteiger partial charge in [0.05, 0.1) is 10.5 Å². The van der Waals surface area contributed by atoms with E-state index in [0.29, 0.717) is 31.5 Å². The van der Waals surface area contributed by atoms with Crippen LogP contribution in [0.5, 0.6) is 0 Å². The standard InChI is InChI=1S/C26H27N5O3S/c1-17-2-9-25(29-15-17)30-20-10-12-31(13-11-20)35(33,34)21-6-3-18(4-7-21)19-5-8-24-22(14-19)23(16-28-24)26(27)32/h2-9,14-16,20,28H,10-13H2,1H3,(H2,27,32)(H,29,30). The minimum Gasteiger partial charge on any atom is -0.367 e. The van der Waals surface area contributed by atoms with Gasteiger partial charge >= 0.3 is 0 Å². The highest BCUT2D eigenvalue weighted by Crippen LogP contribution is 2.28. The molecule has 9 heteroatoms. The summed E-state index contributed by atoms with van der Waals surface area (Å²) in [5.41, 5.74) is 9.54. The van der Waals surface area contributed by atoms with Crippen molar-refractivity contribution in [1.82, 2.24) is 14.3 Å². The van der Waals surface area contributed by atoms with Gasteiger partial charge in [-0.3, -0.25) is 4.79 Å². The van der Waals surface area contributed by atoms with Gasteiger partial charge in [-0.05, 0) is 66.8 Å². The Morgan fingerprint density at radius 1 is 1.06 bits per heavy atom.